The van der Waals surface area contributed by atoms with E-state index in [-0.39, 0.29) is 11.8 Å². The molecule has 0 aliphatic carbocycles. The Morgan fingerprint density at radius 1 is 1.16 bits per heavy atom. The van der Waals surface area contributed by atoms with Crippen LogP contribution in [-0.2, 0) is 12.0 Å². The van der Waals surface area contributed by atoms with E-state index in [1.54, 1.807) is 18.6 Å². The molecule has 0 aromatic carbocycles. The maximum absolute atomic E-state index is 12.6. The zero-order valence-electron chi connectivity index (χ0n) is 17.4. The van der Waals surface area contributed by atoms with E-state index < -0.39 is 18.4 Å². The van der Waals surface area contributed by atoms with Crippen LogP contribution < -0.4 is 5.73 Å². The molecule has 0 aliphatic rings. The summed E-state index contributed by atoms with van der Waals surface area (Å²) in [5.74, 6) is 0.733. The highest BCUT2D eigenvalue weighted by Gasteiger charge is 2.36. The van der Waals surface area contributed by atoms with Crippen LogP contribution in [0.25, 0.3) is 22.7 Å². The predicted molar refractivity (Wildman–Crippen MR) is 112 cm³/mol. The molecule has 0 amide bonds. The average Bonchev–Trinajstić information content (AvgIpc) is 3.43. The number of allylic oxidation sites excluding steroid dienone is 1. The number of nitrogens with zero attached hydrogens (tertiary/aromatic N) is 7. The molecule has 0 spiro atoms. The van der Waals surface area contributed by atoms with E-state index in [1.807, 2.05) is 26.0 Å². The standard InChI is InChI=1S/C21H20F2N8O/c1-12(2)21(3,15-4-5-16(25-9-15)13-6-26-20(24)27-7-13)19-29-18(32-30-19)14-8-28-31(10-14)11-17(22)23/h4-10,17H,1,11H2,2-3H3,(H2,24,26,27). The summed E-state index contributed by atoms with van der Waals surface area (Å²) >= 11 is 0. The van der Waals surface area contributed by atoms with Crippen molar-refractivity contribution >= 4 is 5.95 Å². The third kappa shape index (κ3) is 3.96. The smallest absolute Gasteiger partial charge is 0.261 e. The third-order valence-electron chi connectivity index (χ3n) is 5.24. The van der Waals surface area contributed by atoms with Crippen LogP contribution in [0.2, 0.25) is 0 Å². The summed E-state index contributed by atoms with van der Waals surface area (Å²) in [5.41, 5.74) is 8.15. The Morgan fingerprint density at radius 2 is 1.91 bits per heavy atom. The van der Waals surface area contributed by atoms with E-state index in [0.29, 0.717) is 17.1 Å². The molecule has 1 atom stereocenters. The van der Waals surface area contributed by atoms with Crippen LogP contribution in [0.15, 0.2) is 59.8 Å². The Kier molecular flexibility index (Phi) is 5.47. The minimum Gasteiger partial charge on any atom is -0.368 e. The van der Waals surface area contributed by atoms with Gasteiger partial charge in [-0.05, 0) is 25.5 Å². The summed E-state index contributed by atoms with van der Waals surface area (Å²) in [5, 5.41) is 8.03. The number of anilines is 1. The number of halogens is 2. The van der Waals surface area contributed by atoms with Crippen molar-refractivity contribution in [1.82, 2.24) is 34.9 Å². The van der Waals surface area contributed by atoms with Gasteiger partial charge in [0.05, 0.1) is 22.9 Å². The average molecular weight is 438 g/mol. The second-order valence-electron chi connectivity index (χ2n) is 7.43. The van der Waals surface area contributed by atoms with Gasteiger partial charge in [0.25, 0.3) is 12.3 Å². The molecule has 0 radical (unpaired) electrons. The van der Waals surface area contributed by atoms with Crippen molar-refractivity contribution in [3.8, 4) is 22.7 Å². The Balaban J connectivity index is 1.65. The molecule has 9 nitrogen and oxygen atoms in total. The van der Waals surface area contributed by atoms with Gasteiger partial charge in [-0.1, -0.05) is 23.4 Å². The van der Waals surface area contributed by atoms with Crippen molar-refractivity contribution in [2.24, 2.45) is 0 Å². The summed E-state index contributed by atoms with van der Waals surface area (Å²) in [6.45, 7) is 7.36. The van der Waals surface area contributed by atoms with Crippen molar-refractivity contribution in [2.75, 3.05) is 5.73 Å². The van der Waals surface area contributed by atoms with E-state index in [0.717, 1.165) is 21.4 Å². The van der Waals surface area contributed by atoms with Gasteiger partial charge < -0.3 is 10.3 Å². The van der Waals surface area contributed by atoms with Gasteiger partial charge in [-0.25, -0.2) is 18.7 Å². The molecule has 164 valence electrons. The topological polar surface area (TPSA) is 121 Å². The normalized spacial score (nSPS) is 13.3. The van der Waals surface area contributed by atoms with Gasteiger partial charge in [-0.15, -0.1) is 0 Å². The second-order valence-corrected chi connectivity index (χ2v) is 7.43. The van der Waals surface area contributed by atoms with Gasteiger partial charge in [0.15, 0.2) is 5.82 Å². The molecule has 4 aromatic rings. The summed E-state index contributed by atoms with van der Waals surface area (Å²) in [7, 11) is 0. The lowest BCUT2D eigenvalue weighted by molar-refractivity contribution is 0.122. The first-order valence-corrected chi connectivity index (χ1v) is 9.63. The van der Waals surface area contributed by atoms with Gasteiger partial charge in [0.1, 0.15) is 6.54 Å². The molecule has 0 fully saturated rings. The molecular formula is C21H20F2N8O. The van der Waals surface area contributed by atoms with Crippen LogP contribution in [-0.4, -0.2) is 41.3 Å². The number of aromatic nitrogens is 7. The second kappa shape index (κ2) is 8.25. The number of rotatable bonds is 7. The van der Waals surface area contributed by atoms with Gasteiger partial charge in [-0.3, -0.25) is 9.67 Å². The molecule has 11 heteroatoms. The molecule has 32 heavy (non-hydrogen) atoms. The third-order valence-corrected chi connectivity index (χ3v) is 5.24. The van der Waals surface area contributed by atoms with Crippen LogP contribution in [0.4, 0.5) is 14.7 Å². The fraction of sp³-hybridized carbons (Fsp3) is 0.238. The van der Waals surface area contributed by atoms with Gasteiger partial charge in [0.2, 0.25) is 5.95 Å². The molecule has 0 bridgehead atoms. The summed E-state index contributed by atoms with van der Waals surface area (Å²) in [4.78, 5) is 17.0. The molecular weight excluding hydrogens is 418 g/mol. The summed E-state index contributed by atoms with van der Waals surface area (Å²) < 4.78 is 31.7. The molecule has 1 unspecified atom stereocenters. The number of pyridine rings is 1. The number of hydrogen-bond acceptors (Lipinski definition) is 8. The molecule has 4 heterocycles. The zero-order chi connectivity index (χ0) is 22.9. The van der Waals surface area contributed by atoms with Gasteiger partial charge >= 0.3 is 0 Å². The highest BCUT2D eigenvalue weighted by Crippen LogP contribution is 2.37. The van der Waals surface area contributed by atoms with E-state index in [2.05, 4.69) is 36.8 Å². The van der Waals surface area contributed by atoms with E-state index in [4.69, 9.17) is 10.3 Å². The fourth-order valence-electron chi connectivity index (χ4n) is 3.16. The highest BCUT2D eigenvalue weighted by atomic mass is 19.3. The van der Waals surface area contributed by atoms with Crippen LogP contribution in [0.3, 0.4) is 0 Å². The highest BCUT2D eigenvalue weighted by molar-refractivity contribution is 5.58. The maximum Gasteiger partial charge on any atom is 0.261 e. The Labute approximate surface area is 182 Å². The van der Waals surface area contributed by atoms with E-state index in [9.17, 15) is 8.78 Å². The molecule has 0 aliphatic heterocycles. The largest absolute Gasteiger partial charge is 0.368 e. The minimum atomic E-state index is -2.51. The van der Waals surface area contributed by atoms with Crippen molar-refractivity contribution < 1.29 is 13.3 Å². The first-order chi connectivity index (χ1) is 15.3. The zero-order valence-corrected chi connectivity index (χ0v) is 17.4. The van der Waals surface area contributed by atoms with Crippen LogP contribution >= 0.6 is 0 Å². The number of nitrogens with two attached hydrogens (primary N) is 1. The SMILES string of the molecule is C=C(C)C(C)(c1ccc(-c2cnc(N)nc2)nc1)c1noc(-c2cnn(CC(F)F)c2)n1. The van der Waals surface area contributed by atoms with Crippen molar-refractivity contribution in [3.63, 3.8) is 0 Å². The molecule has 0 saturated carbocycles. The van der Waals surface area contributed by atoms with Gasteiger partial charge in [0, 0.05) is 30.4 Å². The summed E-state index contributed by atoms with van der Waals surface area (Å²) in [6.07, 6.45) is 5.24. The Bertz CT molecular complexity index is 1230. The fourth-order valence-corrected chi connectivity index (χ4v) is 3.16. The number of nitrogen functional groups attached to an aromatic ring is 1. The molecule has 2 N–H and O–H groups in total. The first kappa shape index (κ1) is 21.2. The maximum atomic E-state index is 12.6. The number of alkyl halides is 2. The number of hydrogen-bond donors (Lipinski definition) is 1. The first-order valence-electron chi connectivity index (χ1n) is 9.63. The van der Waals surface area contributed by atoms with Crippen molar-refractivity contribution in [2.45, 2.75) is 32.2 Å². The molecule has 0 saturated heterocycles. The lowest BCUT2D eigenvalue weighted by Crippen LogP contribution is -2.26. The lowest BCUT2D eigenvalue weighted by atomic mass is 9.77. The van der Waals surface area contributed by atoms with E-state index >= 15 is 0 Å². The molecule has 4 rings (SSSR count). The van der Waals surface area contributed by atoms with Crippen LogP contribution in [0.1, 0.15) is 25.2 Å². The van der Waals surface area contributed by atoms with E-state index in [1.165, 1.54) is 12.4 Å². The Morgan fingerprint density at radius 3 is 2.53 bits per heavy atom. The summed E-state index contributed by atoms with van der Waals surface area (Å²) in [6, 6.07) is 3.73. The quantitative estimate of drug-likeness (QED) is 0.435. The minimum absolute atomic E-state index is 0.177. The van der Waals surface area contributed by atoms with Gasteiger partial charge in [-0.2, -0.15) is 10.1 Å². The van der Waals surface area contributed by atoms with Crippen LogP contribution in [0, 0.1) is 0 Å². The Hall–Kier alpha value is -4.02. The molecule has 4 aromatic heterocycles. The van der Waals surface area contributed by atoms with Crippen LogP contribution in [0.5, 0.6) is 0 Å². The predicted octanol–water partition coefficient (Wildman–Crippen LogP) is 3.51. The van der Waals surface area contributed by atoms with Crippen molar-refractivity contribution in [3.05, 3.63) is 66.7 Å². The van der Waals surface area contributed by atoms with Crippen molar-refractivity contribution in [1.29, 1.82) is 0 Å². The monoisotopic (exact) mass is 438 g/mol. The lowest BCUT2D eigenvalue weighted by Gasteiger charge is -2.27.